The van der Waals surface area contributed by atoms with Crippen molar-refractivity contribution in [1.29, 1.82) is 0 Å². The lowest BCUT2D eigenvalue weighted by atomic mass is 10.2. The number of fused-ring (bicyclic) bond motifs is 1. The third-order valence-electron chi connectivity index (χ3n) is 3.03. The zero-order valence-electron chi connectivity index (χ0n) is 10.8. The first-order valence-electron chi connectivity index (χ1n) is 6.21. The van der Waals surface area contributed by atoms with Gasteiger partial charge in [0, 0.05) is 19.1 Å². The molecule has 0 amide bonds. The van der Waals surface area contributed by atoms with Crippen LogP contribution in [0.15, 0.2) is 42.7 Å². The molecule has 0 spiro atoms. The standard InChI is InChI=1S/C15H10FI2N3/c16-10-3-1-9(2-4-10)7-19-15-12-5-11(17)6-13(18)14(12)20-8-21-15/h1-6,8H,7H2,(H,19,20,21). The summed E-state index contributed by atoms with van der Waals surface area (Å²) >= 11 is 4.56. The topological polar surface area (TPSA) is 37.8 Å². The van der Waals surface area contributed by atoms with E-state index in [0.29, 0.717) is 6.54 Å². The van der Waals surface area contributed by atoms with Crippen molar-refractivity contribution in [2.45, 2.75) is 6.54 Å². The van der Waals surface area contributed by atoms with Crippen molar-refractivity contribution in [3.05, 3.63) is 61.2 Å². The van der Waals surface area contributed by atoms with E-state index in [1.54, 1.807) is 18.5 Å². The molecule has 106 valence electrons. The van der Waals surface area contributed by atoms with Gasteiger partial charge in [-0.1, -0.05) is 12.1 Å². The second-order valence-corrected chi connectivity index (χ2v) is 6.89. The van der Waals surface area contributed by atoms with Gasteiger partial charge >= 0.3 is 0 Å². The molecule has 6 heteroatoms. The van der Waals surface area contributed by atoms with Crippen molar-refractivity contribution >= 4 is 61.9 Å². The molecule has 0 unspecified atom stereocenters. The van der Waals surface area contributed by atoms with Gasteiger partial charge in [0.2, 0.25) is 0 Å². The van der Waals surface area contributed by atoms with Gasteiger partial charge < -0.3 is 5.32 Å². The third-order valence-corrected chi connectivity index (χ3v) is 4.48. The largest absolute Gasteiger partial charge is 0.365 e. The summed E-state index contributed by atoms with van der Waals surface area (Å²) in [6.07, 6.45) is 1.56. The van der Waals surface area contributed by atoms with Crippen LogP contribution < -0.4 is 5.32 Å². The first kappa shape index (κ1) is 14.9. The molecule has 0 aliphatic rings. The summed E-state index contributed by atoms with van der Waals surface area (Å²) in [4.78, 5) is 8.66. The fraction of sp³-hybridized carbons (Fsp3) is 0.0667. The molecule has 3 rings (SSSR count). The van der Waals surface area contributed by atoms with Crippen LogP contribution in [0.1, 0.15) is 5.56 Å². The molecule has 0 fully saturated rings. The van der Waals surface area contributed by atoms with Crippen LogP contribution in [-0.2, 0) is 6.54 Å². The molecule has 3 aromatic rings. The van der Waals surface area contributed by atoms with Gasteiger partial charge in [-0.3, -0.25) is 0 Å². The van der Waals surface area contributed by atoms with E-state index in [2.05, 4.69) is 72.6 Å². The number of rotatable bonds is 3. The SMILES string of the molecule is Fc1ccc(CNc2ncnc3c(I)cc(I)cc23)cc1. The Balaban J connectivity index is 1.92. The van der Waals surface area contributed by atoms with Gasteiger partial charge in [-0.05, 0) is 75.0 Å². The molecule has 0 saturated carbocycles. The van der Waals surface area contributed by atoms with Crippen LogP contribution in [0.25, 0.3) is 10.9 Å². The highest BCUT2D eigenvalue weighted by atomic mass is 127. The number of hydrogen-bond acceptors (Lipinski definition) is 3. The zero-order valence-corrected chi connectivity index (χ0v) is 15.1. The van der Waals surface area contributed by atoms with Crippen molar-refractivity contribution in [3.63, 3.8) is 0 Å². The van der Waals surface area contributed by atoms with Crippen molar-refractivity contribution in [2.24, 2.45) is 0 Å². The summed E-state index contributed by atoms with van der Waals surface area (Å²) in [7, 11) is 0. The molecule has 0 bridgehead atoms. The van der Waals surface area contributed by atoms with Crippen molar-refractivity contribution in [1.82, 2.24) is 9.97 Å². The molecule has 0 radical (unpaired) electrons. The zero-order chi connectivity index (χ0) is 14.8. The summed E-state index contributed by atoms with van der Waals surface area (Å²) in [5.74, 6) is 0.566. The quantitative estimate of drug-likeness (QED) is 0.530. The minimum absolute atomic E-state index is 0.227. The van der Waals surface area contributed by atoms with Crippen LogP contribution in [0.4, 0.5) is 10.2 Å². The normalized spacial score (nSPS) is 10.8. The Bertz CT molecular complexity index is 791. The molecule has 1 heterocycles. The first-order chi connectivity index (χ1) is 10.1. The highest BCUT2D eigenvalue weighted by molar-refractivity contribution is 14.1. The Morgan fingerprint density at radius 3 is 2.57 bits per heavy atom. The average molecular weight is 505 g/mol. The minimum atomic E-state index is -0.227. The minimum Gasteiger partial charge on any atom is -0.365 e. The van der Waals surface area contributed by atoms with Crippen molar-refractivity contribution < 1.29 is 4.39 Å². The highest BCUT2D eigenvalue weighted by Gasteiger charge is 2.08. The molecule has 0 aliphatic heterocycles. The molecule has 0 atom stereocenters. The molecular formula is C15H10FI2N3. The first-order valence-corrected chi connectivity index (χ1v) is 8.37. The van der Waals surface area contributed by atoms with E-state index in [0.717, 1.165) is 29.4 Å². The van der Waals surface area contributed by atoms with Gasteiger partial charge in [-0.15, -0.1) is 0 Å². The molecule has 3 nitrogen and oxygen atoms in total. The summed E-state index contributed by atoms with van der Waals surface area (Å²) in [5, 5.41) is 4.29. The number of anilines is 1. The lowest BCUT2D eigenvalue weighted by Gasteiger charge is -2.09. The lowest BCUT2D eigenvalue weighted by Crippen LogP contribution is -2.03. The van der Waals surface area contributed by atoms with Crippen molar-refractivity contribution in [3.8, 4) is 0 Å². The van der Waals surface area contributed by atoms with Crippen LogP contribution >= 0.6 is 45.2 Å². The maximum Gasteiger partial charge on any atom is 0.137 e. The number of aromatic nitrogens is 2. The summed E-state index contributed by atoms with van der Waals surface area (Å²) in [6, 6.07) is 10.6. The van der Waals surface area contributed by atoms with E-state index in [1.165, 1.54) is 12.1 Å². The monoisotopic (exact) mass is 505 g/mol. The molecule has 0 saturated heterocycles. The molecule has 0 aliphatic carbocycles. The van der Waals surface area contributed by atoms with Crippen LogP contribution in [0.5, 0.6) is 0 Å². The smallest absolute Gasteiger partial charge is 0.137 e. The van der Waals surface area contributed by atoms with Gasteiger partial charge in [0.1, 0.15) is 18.0 Å². The maximum atomic E-state index is 12.9. The summed E-state index contributed by atoms with van der Waals surface area (Å²) < 4.78 is 15.1. The number of hydrogen-bond donors (Lipinski definition) is 1. The Hall–Kier alpha value is -1.03. The highest BCUT2D eigenvalue weighted by Crippen LogP contribution is 2.26. The van der Waals surface area contributed by atoms with Crippen LogP contribution in [-0.4, -0.2) is 9.97 Å². The van der Waals surface area contributed by atoms with Gasteiger partial charge in [-0.2, -0.15) is 0 Å². The Morgan fingerprint density at radius 1 is 1.05 bits per heavy atom. The number of nitrogens with zero attached hydrogens (tertiary/aromatic N) is 2. The van der Waals surface area contributed by atoms with E-state index in [9.17, 15) is 4.39 Å². The van der Waals surface area contributed by atoms with Crippen LogP contribution in [0.3, 0.4) is 0 Å². The van der Waals surface area contributed by atoms with Crippen molar-refractivity contribution in [2.75, 3.05) is 5.32 Å². The van der Waals surface area contributed by atoms with Gasteiger partial charge in [-0.25, -0.2) is 14.4 Å². The van der Waals surface area contributed by atoms with Gasteiger partial charge in [0.25, 0.3) is 0 Å². The van der Waals surface area contributed by atoms with Gasteiger partial charge in [0.05, 0.1) is 5.52 Å². The molecule has 1 aromatic heterocycles. The summed E-state index contributed by atoms with van der Waals surface area (Å²) in [6.45, 7) is 0.592. The predicted octanol–water partition coefficient (Wildman–Crippen LogP) is 4.59. The summed E-state index contributed by atoms with van der Waals surface area (Å²) in [5.41, 5.74) is 1.94. The molecule has 2 aromatic carbocycles. The Kier molecular flexibility index (Phi) is 4.53. The molecular weight excluding hydrogens is 495 g/mol. The fourth-order valence-corrected chi connectivity index (χ4v) is 4.00. The number of halogens is 3. The second kappa shape index (κ2) is 6.39. The predicted molar refractivity (Wildman–Crippen MR) is 98.7 cm³/mol. The van der Waals surface area contributed by atoms with E-state index in [4.69, 9.17) is 0 Å². The van der Waals surface area contributed by atoms with E-state index < -0.39 is 0 Å². The van der Waals surface area contributed by atoms with Crippen LogP contribution in [0.2, 0.25) is 0 Å². The van der Waals surface area contributed by atoms with Crippen LogP contribution in [0, 0.1) is 13.0 Å². The van der Waals surface area contributed by atoms with Gasteiger partial charge in [0.15, 0.2) is 0 Å². The fourth-order valence-electron chi connectivity index (χ4n) is 2.02. The molecule has 1 N–H and O–H groups in total. The average Bonchev–Trinajstić information content (AvgIpc) is 2.47. The Labute approximate surface area is 148 Å². The number of benzene rings is 2. The lowest BCUT2D eigenvalue weighted by molar-refractivity contribution is 0.627. The second-order valence-electron chi connectivity index (χ2n) is 4.49. The molecule has 21 heavy (non-hydrogen) atoms. The van der Waals surface area contributed by atoms with E-state index >= 15 is 0 Å². The maximum absolute atomic E-state index is 12.9. The van der Waals surface area contributed by atoms with E-state index in [-0.39, 0.29) is 5.82 Å². The Morgan fingerprint density at radius 2 is 1.81 bits per heavy atom. The number of nitrogens with one attached hydrogen (secondary N) is 1. The third kappa shape index (κ3) is 3.42. The van der Waals surface area contributed by atoms with E-state index in [1.807, 2.05) is 0 Å².